The lowest BCUT2D eigenvalue weighted by Crippen LogP contribution is -2.15. The molecule has 0 saturated heterocycles. The van der Waals surface area contributed by atoms with Crippen molar-refractivity contribution in [3.63, 3.8) is 0 Å². The van der Waals surface area contributed by atoms with E-state index in [0.29, 0.717) is 27.4 Å². The molecule has 0 unspecified atom stereocenters. The van der Waals surface area contributed by atoms with E-state index in [0.717, 1.165) is 0 Å². The predicted octanol–water partition coefficient (Wildman–Crippen LogP) is 3.70. The van der Waals surface area contributed by atoms with Crippen molar-refractivity contribution in [1.82, 2.24) is 14.8 Å². The number of nitro groups is 1. The van der Waals surface area contributed by atoms with Gasteiger partial charge in [-0.1, -0.05) is 23.4 Å². The Morgan fingerprint density at radius 2 is 2.00 bits per heavy atom. The number of aromatic nitrogens is 3. The van der Waals surface area contributed by atoms with Crippen molar-refractivity contribution in [3.8, 4) is 11.5 Å². The van der Waals surface area contributed by atoms with Crippen molar-refractivity contribution in [2.75, 3.05) is 18.2 Å². The number of carbonyl (C=O) groups excluding carboxylic acids is 1. The lowest BCUT2D eigenvalue weighted by molar-refractivity contribution is -0.384. The Bertz CT molecular complexity index is 1090. The molecule has 1 N–H and O–H groups in total. The van der Waals surface area contributed by atoms with Crippen LogP contribution in [-0.4, -0.2) is 38.5 Å². The second-order valence-electron chi connectivity index (χ2n) is 6.18. The summed E-state index contributed by atoms with van der Waals surface area (Å²) in [5.74, 6) is 1.18. The van der Waals surface area contributed by atoms with E-state index in [-0.39, 0.29) is 29.7 Å². The van der Waals surface area contributed by atoms with Gasteiger partial charge in [-0.2, -0.15) is 0 Å². The molecule has 0 bridgehead atoms. The molecule has 10 nitrogen and oxygen atoms in total. The fourth-order valence-corrected chi connectivity index (χ4v) is 3.34. The lowest BCUT2D eigenvalue weighted by atomic mass is 10.2. The van der Waals surface area contributed by atoms with Crippen LogP contribution in [-0.2, 0) is 18.4 Å². The zero-order valence-electron chi connectivity index (χ0n) is 16.6. The average Bonchev–Trinajstić information content (AvgIpc) is 3.11. The number of amides is 1. The molecule has 0 aliphatic heterocycles. The number of halogens is 1. The van der Waals surface area contributed by atoms with Crippen molar-refractivity contribution in [1.29, 1.82) is 0 Å². The highest BCUT2D eigenvalue weighted by Gasteiger charge is 2.15. The molecule has 1 aromatic heterocycles. The number of nitrogens with zero attached hydrogens (tertiary/aromatic N) is 4. The van der Waals surface area contributed by atoms with Gasteiger partial charge in [-0.3, -0.25) is 14.9 Å². The monoisotopic (exact) mass is 463 g/mol. The van der Waals surface area contributed by atoms with Gasteiger partial charge in [-0.25, -0.2) is 0 Å². The van der Waals surface area contributed by atoms with Crippen LogP contribution in [0.15, 0.2) is 47.6 Å². The first-order valence-electron chi connectivity index (χ1n) is 8.89. The Kier molecular flexibility index (Phi) is 7.32. The van der Waals surface area contributed by atoms with Crippen LogP contribution in [0, 0.1) is 10.1 Å². The third kappa shape index (κ3) is 5.86. The minimum absolute atomic E-state index is 0.0597. The number of anilines is 1. The molecular formula is C19H18ClN5O5S. The summed E-state index contributed by atoms with van der Waals surface area (Å²) in [7, 11) is 3.15. The predicted molar refractivity (Wildman–Crippen MR) is 116 cm³/mol. The number of nitrogens with one attached hydrogen (secondary N) is 1. The number of hydrogen-bond donors (Lipinski definition) is 1. The first kappa shape index (κ1) is 22.4. The van der Waals surface area contributed by atoms with Crippen molar-refractivity contribution in [2.24, 2.45) is 7.05 Å². The highest BCUT2D eigenvalue weighted by molar-refractivity contribution is 7.99. The van der Waals surface area contributed by atoms with Gasteiger partial charge in [0.05, 0.1) is 29.5 Å². The van der Waals surface area contributed by atoms with Gasteiger partial charge in [0.15, 0.2) is 11.0 Å². The number of rotatable bonds is 9. The van der Waals surface area contributed by atoms with E-state index < -0.39 is 4.92 Å². The summed E-state index contributed by atoms with van der Waals surface area (Å²) in [5, 5.41) is 22.9. The maximum atomic E-state index is 12.3. The maximum Gasteiger partial charge on any atom is 0.273 e. The first-order chi connectivity index (χ1) is 14.9. The van der Waals surface area contributed by atoms with Crippen LogP contribution in [0.2, 0.25) is 5.02 Å². The Labute approximate surface area is 186 Å². The van der Waals surface area contributed by atoms with Crippen LogP contribution >= 0.6 is 23.4 Å². The van der Waals surface area contributed by atoms with E-state index in [4.69, 9.17) is 21.1 Å². The van der Waals surface area contributed by atoms with Crippen LogP contribution in [0.3, 0.4) is 0 Å². The number of hydrogen-bond acceptors (Lipinski definition) is 8. The number of methoxy groups -OCH3 is 1. The lowest BCUT2D eigenvalue weighted by Gasteiger charge is -2.10. The third-order valence-electron chi connectivity index (χ3n) is 4.11. The number of thioether (sulfide) groups is 1. The highest BCUT2D eigenvalue weighted by Crippen LogP contribution is 2.29. The van der Waals surface area contributed by atoms with Gasteiger partial charge in [0, 0.05) is 18.1 Å². The van der Waals surface area contributed by atoms with Crippen LogP contribution in [0.5, 0.6) is 11.5 Å². The quantitative estimate of drug-likeness (QED) is 0.289. The standard InChI is InChI=1S/C19H18ClN5O5S/c1-24-17(10-30-14-6-3-12(20)4-7-14)22-23-19(24)31-11-18(26)21-15-8-5-13(25(27)28)9-16(15)29-2/h3-9H,10-11H2,1-2H3,(H,21,26). The van der Waals surface area contributed by atoms with Crippen molar-refractivity contribution < 1.29 is 19.2 Å². The number of non-ortho nitro benzene ring substituents is 1. The molecule has 0 aliphatic rings. The van der Waals surface area contributed by atoms with Gasteiger partial charge in [-0.15, -0.1) is 10.2 Å². The number of nitro benzene ring substituents is 1. The summed E-state index contributed by atoms with van der Waals surface area (Å²) in [6.07, 6.45) is 0. The van der Waals surface area contributed by atoms with Crippen LogP contribution in [0.1, 0.15) is 5.82 Å². The molecule has 3 aromatic rings. The minimum atomic E-state index is -0.535. The highest BCUT2D eigenvalue weighted by atomic mass is 35.5. The molecule has 162 valence electrons. The number of benzene rings is 2. The summed E-state index contributed by atoms with van der Waals surface area (Å²) in [4.78, 5) is 22.6. The molecule has 1 heterocycles. The van der Waals surface area contributed by atoms with Crippen LogP contribution < -0.4 is 14.8 Å². The molecule has 1 amide bonds. The Morgan fingerprint density at radius 3 is 2.68 bits per heavy atom. The molecule has 0 atom stereocenters. The van der Waals surface area contributed by atoms with E-state index in [1.807, 2.05) is 0 Å². The molecule has 0 spiro atoms. The van der Waals surface area contributed by atoms with Gasteiger partial charge in [0.2, 0.25) is 5.91 Å². The van der Waals surface area contributed by atoms with Gasteiger partial charge in [0.25, 0.3) is 5.69 Å². The summed E-state index contributed by atoms with van der Waals surface area (Å²) < 4.78 is 12.5. The molecule has 0 aliphatic carbocycles. The van der Waals surface area contributed by atoms with Gasteiger partial charge < -0.3 is 19.4 Å². The fraction of sp³-hybridized carbons (Fsp3) is 0.211. The molecule has 0 fully saturated rings. The number of ether oxygens (including phenoxy) is 2. The minimum Gasteiger partial charge on any atom is -0.494 e. The molecule has 0 saturated carbocycles. The van der Waals surface area contributed by atoms with Crippen molar-refractivity contribution in [2.45, 2.75) is 11.8 Å². The van der Waals surface area contributed by atoms with E-state index >= 15 is 0 Å². The zero-order valence-corrected chi connectivity index (χ0v) is 18.1. The third-order valence-corrected chi connectivity index (χ3v) is 5.38. The van der Waals surface area contributed by atoms with E-state index in [1.165, 1.54) is 37.1 Å². The maximum absolute atomic E-state index is 12.3. The smallest absolute Gasteiger partial charge is 0.273 e. The van der Waals surface area contributed by atoms with Crippen LogP contribution in [0.25, 0.3) is 0 Å². The summed E-state index contributed by atoms with van der Waals surface area (Å²) in [6, 6.07) is 10.9. The van der Waals surface area contributed by atoms with E-state index in [1.54, 1.807) is 35.9 Å². The summed E-state index contributed by atoms with van der Waals surface area (Å²) >= 11 is 7.05. The Morgan fingerprint density at radius 1 is 1.26 bits per heavy atom. The molecular weight excluding hydrogens is 446 g/mol. The molecule has 3 rings (SSSR count). The first-order valence-corrected chi connectivity index (χ1v) is 10.3. The van der Waals surface area contributed by atoms with Crippen LogP contribution in [0.4, 0.5) is 11.4 Å². The van der Waals surface area contributed by atoms with E-state index in [9.17, 15) is 14.9 Å². The summed E-state index contributed by atoms with van der Waals surface area (Å²) in [6.45, 7) is 0.206. The second kappa shape index (κ2) is 10.1. The number of carbonyl (C=O) groups is 1. The Hall–Kier alpha value is -3.31. The molecule has 12 heteroatoms. The van der Waals surface area contributed by atoms with Gasteiger partial charge in [-0.05, 0) is 30.3 Å². The largest absolute Gasteiger partial charge is 0.494 e. The summed E-state index contributed by atoms with van der Waals surface area (Å²) in [5.41, 5.74) is 0.213. The van der Waals surface area contributed by atoms with Crippen molar-refractivity contribution >= 4 is 40.6 Å². The average molecular weight is 464 g/mol. The van der Waals surface area contributed by atoms with Crippen molar-refractivity contribution in [3.05, 3.63) is 63.4 Å². The second-order valence-corrected chi connectivity index (χ2v) is 7.56. The molecule has 31 heavy (non-hydrogen) atoms. The normalized spacial score (nSPS) is 10.5. The topological polar surface area (TPSA) is 121 Å². The fourth-order valence-electron chi connectivity index (χ4n) is 2.49. The zero-order chi connectivity index (χ0) is 22.4. The Balaban J connectivity index is 1.56. The van der Waals surface area contributed by atoms with Gasteiger partial charge >= 0.3 is 0 Å². The van der Waals surface area contributed by atoms with E-state index in [2.05, 4.69) is 15.5 Å². The SMILES string of the molecule is COc1cc([N+](=O)[O-])ccc1NC(=O)CSc1nnc(COc2ccc(Cl)cc2)n1C. The molecule has 0 radical (unpaired) electrons. The molecule has 2 aromatic carbocycles. The van der Waals surface area contributed by atoms with Gasteiger partial charge in [0.1, 0.15) is 18.1 Å².